The summed E-state index contributed by atoms with van der Waals surface area (Å²) in [4.78, 5) is 31.2. The molecule has 2 amide bonds. The molecule has 3 rings (SSSR count). The van der Waals surface area contributed by atoms with Gasteiger partial charge in [-0.05, 0) is 30.3 Å². The number of hydrogen-bond donors (Lipinski definition) is 3. The van der Waals surface area contributed by atoms with Crippen LogP contribution in [0.4, 0.5) is 0 Å². The van der Waals surface area contributed by atoms with E-state index in [2.05, 4.69) is 20.8 Å². The minimum Gasteiger partial charge on any atom is -0.342 e. The fraction of sp³-hybridized carbons (Fsp3) is 0.0625. The number of hydrazine groups is 1. The Morgan fingerprint density at radius 2 is 1.83 bits per heavy atom. The molecule has 122 valence electrons. The van der Waals surface area contributed by atoms with Crippen LogP contribution in [0.15, 0.2) is 42.5 Å². The third kappa shape index (κ3) is 3.67. The molecule has 2 aromatic carbocycles. The summed E-state index contributed by atoms with van der Waals surface area (Å²) in [5, 5.41) is 0.611. The van der Waals surface area contributed by atoms with Crippen molar-refractivity contribution in [1.82, 2.24) is 20.8 Å². The van der Waals surface area contributed by atoms with E-state index in [4.69, 9.17) is 23.2 Å². The highest BCUT2D eigenvalue weighted by atomic mass is 35.5. The van der Waals surface area contributed by atoms with Crippen molar-refractivity contribution >= 4 is 46.0 Å². The number of fused-ring (bicyclic) bond motifs is 1. The largest absolute Gasteiger partial charge is 0.342 e. The summed E-state index contributed by atoms with van der Waals surface area (Å²) in [5.74, 6) is -0.383. The molecule has 0 spiro atoms. The van der Waals surface area contributed by atoms with Crippen LogP contribution in [0.2, 0.25) is 10.0 Å². The fourth-order valence-electron chi connectivity index (χ4n) is 2.12. The van der Waals surface area contributed by atoms with Crippen molar-refractivity contribution in [2.24, 2.45) is 0 Å². The molecule has 3 aromatic rings. The summed E-state index contributed by atoms with van der Waals surface area (Å²) in [6.45, 7) is 0. The quantitative estimate of drug-likeness (QED) is 0.626. The van der Waals surface area contributed by atoms with Crippen LogP contribution in [-0.2, 0) is 11.2 Å². The van der Waals surface area contributed by atoms with Crippen molar-refractivity contribution in [2.75, 3.05) is 0 Å². The molecular formula is C16H12Cl2N4O2. The van der Waals surface area contributed by atoms with E-state index in [1.54, 1.807) is 0 Å². The first-order valence-electron chi connectivity index (χ1n) is 7.01. The number of halogens is 2. The second-order valence-electron chi connectivity index (χ2n) is 5.01. The van der Waals surface area contributed by atoms with Gasteiger partial charge in [-0.2, -0.15) is 0 Å². The van der Waals surface area contributed by atoms with E-state index in [-0.39, 0.29) is 17.0 Å². The highest BCUT2D eigenvalue weighted by Gasteiger charge is 2.11. The lowest BCUT2D eigenvalue weighted by Crippen LogP contribution is -2.42. The molecule has 1 aromatic heterocycles. The lowest BCUT2D eigenvalue weighted by molar-refractivity contribution is -0.121. The van der Waals surface area contributed by atoms with Gasteiger partial charge in [-0.25, -0.2) is 4.98 Å². The Balaban J connectivity index is 1.58. The minimum absolute atomic E-state index is 0.0103. The van der Waals surface area contributed by atoms with Gasteiger partial charge in [0.15, 0.2) is 0 Å². The monoisotopic (exact) mass is 362 g/mol. The molecule has 0 unspecified atom stereocenters. The zero-order valence-electron chi connectivity index (χ0n) is 12.3. The number of hydrogen-bond acceptors (Lipinski definition) is 3. The van der Waals surface area contributed by atoms with Gasteiger partial charge in [-0.3, -0.25) is 20.4 Å². The van der Waals surface area contributed by atoms with Crippen molar-refractivity contribution in [3.8, 4) is 0 Å². The third-order valence-electron chi connectivity index (χ3n) is 3.26. The molecule has 0 saturated carbocycles. The van der Waals surface area contributed by atoms with Crippen LogP contribution in [0.5, 0.6) is 0 Å². The zero-order chi connectivity index (χ0) is 17.1. The number of amides is 2. The Morgan fingerprint density at radius 1 is 1.04 bits per heavy atom. The molecule has 0 bridgehead atoms. The Kier molecular flexibility index (Phi) is 4.69. The molecule has 24 heavy (non-hydrogen) atoms. The smallest absolute Gasteiger partial charge is 0.269 e. The average molecular weight is 363 g/mol. The normalized spacial score (nSPS) is 10.6. The van der Waals surface area contributed by atoms with Crippen LogP contribution in [0.25, 0.3) is 11.0 Å². The Hall–Kier alpha value is -2.57. The number of carbonyl (C=O) groups excluding carboxylic acids is 2. The number of aromatic amines is 1. The first kappa shape index (κ1) is 16.3. The SMILES string of the molecule is O=C(Cc1nc2ccccc2[nH]1)NNC(=O)c1ccc(Cl)c(Cl)c1. The van der Waals surface area contributed by atoms with Crippen LogP contribution in [0, 0.1) is 0 Å². The van der Waals surface area contributed by atoms with E-state index in [1.165, 1.54) is 18.2 Å². The topological polar surface area (TPSA) is 86.9 Å². The summed E-state index contributed by atoms with van der Waals surface area (Å²) in [6, 6.07) is 11.9. The molecule has 0 aliphatic carbocycles. The predicted molar refractivity (Wildman–Crippen MR) is 91.9 cm³/mol. The van der Waals surface area contributed by atoms with Gasteiger partial charge in [0.25, 0.3) is 5.91 Å². The van der Waals surface area contributed by atoms with E-state index in [1.807, 2.05) is 24.3 Å². The van der Waals surface area contributed by atoms with Gasteiger partial charge in [0.2, 0.25) is 5.91 Å². The van der Waals surface area contributed by atoms with Crippen molar-refractivity contribution in [3.05, 3.63) is 63.9 Å². The van der Waals surface area contributed by atoms with Gasteiger partial charge < -0.3 is 4.98 Å². The van der Waals surface area contributed by atoms with Crippen molar-refractivity contribution < 1.29 is 9.59 Å². The van der Waals surface area contributed by atoms with Gasteiger partial charge in [0.1, 0.15) is 5.82 Å². The fourth-order valence-corrected chi connectivity index (χ4v) is 2.42. The van der Waals surface area contributed by atoms with Crippen LogP contribution in [0.3, 0.4) is 0 Å². The first-order valence-corrected chi connectivity index (χ1v) is 7.76. The number of nitrogens with one attached hydrogen (secondary N) is 3. The maximum absolute atomic E-state index is 12.0. The average Bonchev–Trinajstić information content (AvgIpc) is 2.97. The standard InChI is InChI=1S/C16H12Cl2N4O2/c17-10-6-5-9(7-11(10)18)16(24)22-21-15(23)8-14-19-12-3-1-2-4-13(12)20-14/h1-7H,8H2,(H,19,20)(H,21,23)(H,22,24). The number of nitrogens with zero attached hydrogens (tertiary/aromatic N) is 1. The zero-order valence-corrected chi connectivity index (χ0v) is 13.8. The van der Waals surface area contributed by atoms with Crippen LogP contribution in [-0.4, -0.2) is 21.8 Å². The van der Waals surface area contributed by atoms with E-state index in [0.29, 0.717) is 10.8 Å². The van der Waals surface area contributed by atoms with Crippen LogP contribution < -0.4 is 10.9 Å². The number of carbonyl (C=O) groups is 2. The number of H-pyrrole nitrogens is 1. The summed E-state index contributed by atoms with van der Waals surface area (Å²) in [5.41, 5.74) is 6.56. The maximum Gasteiger partial charge on any atom is 0.269 e. The molecular weight excluding hydrogens is 351 g/mol. The molecule has 0 radical (unpaired) electrons. The molecule has 0 fully saturated rings. The molecule has 0 aliphatic rings. The second-order valence-corrected chi connectivity index (χ2v) is 5.82. The van der Waals surface area contributed by atoms with E-state index in [0.717, 1.165) is 11.0 Å². The van der Waals surface area contributed by atoms with Crippen molar-refractivity contribution in [1.29, 1.82) is 0 Å². The van der Waals surface area contributed by atoms with Gasteiger partial charge in [-0.15, -0.1) is 0 Å². The molecule has 0 aliphatic heterocycles. The van der Waals surface area contributed by atoms with Gasteiger partial charge in [0.05, 0.1) is 27.5 Å². The van der Waals surface area contributed by atoms with Gasteiger partial charge in [-0.1, -0.05) is 35.3 Å². The predicted octanol–water partition coefficient (Wildman–Crippen LogP) is 2.87. The maximum atomic E-state index is 12.0. The Labute approximate surface area is 147 Å². The number of imidazole rings is 1. The summed E-state index contributed by atoms with van der Waals surface area (Å²) in [6.07, 6.45) is 0.0103. The lowest BCUT2D eigenvalue weighted by Gasteiger charge is -2.07. The van der Waals surface area contributed by atoms with Gasteiger partial charge in [0, 0.05) is 5.56 Å². The number of aromatic nitrogens is 2. The molecule has 0 saturated heterocycles. The summed E-state index contributed by atoms with van der Waals surface area (Å²) in [7, 11) is 0. The minimum atomic E-state index is -0.494. The Morgan fingerprint density at radius 3 is 2.58 bits per heavy atom. The van der Waals surface area contributed by atoms with Crippen LogP contribution >= 0.6 is 23.2 Å². The Bertz CT molecular complexity index is 890. The van der Waals surface area contributed by atoms with E-state index < -0.39 is 11.8 Å². The molecule has 8 heteroatoms. The van der Waals surface area contributed by atoms with Crippen molar-refractivity contribution in [2.45, 2.75) is 6.42 Å². The highest BCUT2D eigenvalue weighted by Crippen LogP contribution is 2.22. The highest BCUT2D eigenvalue weighted by molar-refractivity contribution is 6.42. The van der Waals surface area contributed by atoms with Crippen molar-refractivity contribution in [3.63, 3.8) is 0 Å². The first-order chi connectivity index (χ1) is 11.5. The van der Waals surface area contributed by atoms with Crippen LogP contribution in [0.1, 0.15) is 16.2 Å². The van der Waals surface area contributed by atoms with E-state index >= 15 is 0 Å². The number of para-hydroxylation sites is 2. The number of rotatable bonds is 3. The summed E-state index contributed by atoms with van der Waals surface area (Å²) >= 11 is 11.6. The molecule has 3 N–H and O–H groups in total. The molecule has 1 heterocycles. The number of benzene rings is 2. The molecule has 6 nitrogen and oxygen atoms in total. The molecule has 0 atom stereocenters. The van der Waals surface area contributed by atoms with E-state index in [9.17, 15) is 9.59 Å². The third-order valence-corrected chi connectivity index (χ3v) is 4.00. The second kappa shape index (κ2) is 6.90. The van der Waals surface area contributed by atoms with Gasteiger partial charge >= 0.3 is 0 Å². The lowest BCUT2D eigenvalue weighted by atomic mass is 10.2. The summed E-state index contributed by atoms with van der Waals surface area (Å²) < 4.78 is 0.